The lowest BCUT2D eigenvalue weighted by Crippen LogP contribution is -1.92. The van der Waals surface area contributed by atoms with Crippen LogP contribution in [0.3, 0.4) is 0 Å². The third kappa shape index (κ3) is 6.53. The Kier molecular flexibility index (Phi) is 7.35. The lowest BCUT2D eigenvalue weighted by molar-refractivity contribution is 0.182. The van der Waals surface area contributed by atoms with Gasteiger partial charge in [0.1, 0.15) is 0 Å². The van der Waals surface area contributed by atoms with Crippen LogP contribution in [0.25, 0.3) is 0 Å². The zero-order valence-corrected chi connectivity index (χ0v) is 7.62. The molecule has 0 atom stereocenters. The van der Waals surface area contributed by atoms with Gasteiger partial charge in [-0.2, -0.15) is 4.31 Å². The van der Waals surface area contributed by atoms with Crippen LogP contribution < -0.4 is 0 Å². The van der Waals surface area contributed by atoms with Crippen molar-refractivity contribution in [2.75, 3.05) is 14.2 Å². The molecule has 0 unspecified atom stereocenters. The van der Waals surface area contributed by atoms with Gasteiger partial charge >= 0.3 is 38.7 Å². The van der Waals surface area contributed by atoms with E-state index in [-0.39, 0.29) is 23.1 Å². The highest BCUT2D eigenvalue weighted by Gasteiger charge is 2.33. The summed E-state index contributed by atoms with van der Waals surface area (Å²) >= 11 is 0. The van der Waals surface area contributed by atoms with Crippen LogP contribution in [0.4, 0.5) is 0 Å². The normalized spacial score (nSPS) is 12.3. The molecule has 0 saturated heterocycles. The lowest BCUT2D eigenvalue weighted by atomic mass is 11.8. The summed E-state index contributed by atoms with van der Waals surface area (Å²) in [6.07, 6.45) is 0. The summed E-state index contributed by atoms with van der Waals surface area (Å²) in [5.41, 5.74) is 0. The minimum absolute atomic E-state index is 0. The average Bonchev–Trinajstić information content (AvgIpc) is 1.84. The van der Waals surface area contributed by atoms with Crippen molar-refractivity contribution >= 4 is 38.7 Å². The van der Waals surface area contributed by atoms with Crippen LogP contribution >= 0.6 is 15.6 Å². The first kappa shape index (κ1) is 15.5. The maximum Gasteiger partial charge on any atom is 0.483 e. The van der Waals surface area contributed by atoms with Crippen molar-refractivity contribution in [1.82, 2.24) is 0 Å². The highest BCUT2D eigenvalue weighted by molar-refractivity contribution is 7.61. The van der Waals surface area contributed by atoms with Crippen molar-refractivity contribution in [3.8, 4) is 0 Å². The fourth-order valence-electron chi connectivity index (χ4n) is 0.271. The maximum absolute atomic E-state index is 10.8. The molecule has 0 aromatic carbocycles. The third-order valence-corrected chi connectivity index (χ3v) is 3.20. The van der Waals surface area contributed by atoms with E-state index in [2.05, 4.69) is 13.4 Å². The molecule has 0 radical (unpaired) electrons. The van der Waals surface area contributed by atoms with Crippen molar-refractivity contribution in [2.24, 2.45) is 0 Å². The van der Waals surface area contributed by atoms with Gasteiger partial charge in [-0.05, 0) is 0 Å². The molecule has 12 heavy (non-hydrogen) atoms. The zero-order chi connectivity index (χ0) is 9.12. The summed E-state index contributed by atoms with van der Waals surface area (Å²) in [6.45, 7) is 0. The van der Waals surface area contributed by atoms with Crippen LogP contribution in [0.2, 0.25) is 0 Å². The first-order chi connectivity index (χ1) is 4.83. The Labute approximate surface area is 85.4 Å². The molecule has 0 aliphatic carbocycles. The molecule has 0 heterocycles. The van der Waals surface area contributed by atoms with Gasteiger partial charge in [0, 0.05) is 14.2 Å². The van der Waals surface area contributed by atoms with Crippen molar-refractivity contribution in [2.45, 2.75) is 0 Å². The summed E-state index contributed by atoms with van der Waals surface area (Å²) in [7, 11) is -7.01. The Bertz CT molecular complexity index is 201. The summed E-state index contributed by atoms with van der Waals surface area (Å²) < 4.78 is 32.8. The van der Waals surface area contributed by atoms with Crippen LogP contribution in [0.1, 0.15) is 0 Å². The molecule has 0 spiro atoms. The molecule has 2 N–H and O–H groups in total. The topological polar surface area (TPSA) is 102 Å². The Balaban J connectivity index is 0. The van der Waals surface area contributed by atoms with Gasteiger partial charge in [-0.25, -0.2) is 9.13 Å². The maximum atomic E-state index is 10.8. The number of phosphoric acid groups is 2. The van der Waals surface area contributed by atoms with E-state index in [1.54, 1.807) is 0 Å². The van der Waals surface area contributed by atoms with Crippen LogP contribution in [0.15, 0.2) is 0 Å². The van der Waals surface area contributed by atoms with Crippen molar-refractivity contribution in [3.63, 3.8) is 0 Å². The highest BCUT2D eigenvalue weighted by atomic mass is 31.3. The van der Waals surface area contributed by atoms with Gasteiger partial charge in [0.05, 0.1) is 0 Å². The summed E-state index contributed by atoms with van der Waals surface area (Å²) in [6, 6.07) is 0. The molecule has 0 rings (SSSR count). The largest absolute Gasteiger partial charge is 0.483 e. The Morgan fingerprint density at radius 2 is 1.42 bits per heavy atom. The van der Waals surface area contributed by atoms with E-state index in [9.17, 15) is 9.13 Å². The summed E-state index contributed by atoms with van der Waals surface area (Å²) in [5, 5.41) is 0. The van der Waals surface area contributed by atoms with Gasteiger partial charge in [-0.3, -0.25) is 9.05 Å². The zero-order valence-electron chi connectivity index (χ0n) is 5.83. The number of hydrogen-bond donors (Lipinski definition) is 2. The van der Waals surface area contributed by atoms with Crippen molar-refractivity contribution < 1.29 is 32.3 Å². The predicted molar refractivity (Wildman–Crippen MR) is 43.3 cm³/mol. The molecule has 0 aliphatic heterocycles. The standard InChI is InChI=1S/C2H8O7P2.Mg.2H/c1-7-11(6,8-2)9-10(3,4)5;;;/h1-2H3,(H2,3,4,5);;;. The molecule has 0 aliphatic rings. The lowest BCUT2D eigenvalue weighted by Gasteiger charge is -2.12. The summed E-state index contributed by atoms with van der Waals surface area (Å²) in [5.74, 6) is 0. The molecule has 0 amide bonds. The third-order valence-electron chi connectivity index (χ3n) is 0.654. The van der Waals surface area contributed by atoms with E-state index < -0.39 is 15.6 Å². The van der Waals surface area contributed by atoms with Gasteiger partial charge in [0.2, 0.25) is 0 Å². The minimum atomic E-state index is -4.83. The van der Waals surface area contributed by atoms with E-state index >= 15 is 0 Å². The molecule has 0 aromatic heterocycles. The molecule has 10 heteroatoms. The molecule has 0 bridgehead atoms. The van der Waals surface area contributed by atoms with Gasteiger partial charge in [0.25, 0.3) is 0 Å². The van der Waals surface area contributed by atoms with Gasteiger partial charge in [-0.1, -0.05) is 0 Å². The second kappa shape index (κ2) is 5.69. The summed E-state index contributed by atoms with van der Waals surface area (Å²) in [4.78, 5) is 16.3. The minimum Gasteiger partial charge on any atom is -0.302 e. The van der Waals surface area contributed by atoms with E-state index in [1.165, 1.54) is 0 Å². The van der Waals surface area contributed by atoms with Gasteiger partial charge in [0.15, 0.2) is 0 Å². The van der Waals surface area contributed by atoms with Crippen molar-refractivity contribution in [1.29, 1.82) is 0 Å². The van der Waals surface area contributed by atoms with Crippen LogP contribution in [0.5, 0.6) is 0 Å². The van der Waals surface area contributed by atoms with E-state index in [4.69, 9.17) is 9.79 Å². The van der Waals surface area contributed by atoms with E-state index in [0.29, 0.717) is 0 Å². The fraction of sp³-hybridized carbons (Fsp3) is 1.00. The van der Waals surface area contributed by atoms with Crippen LogP contribution in [0, 0.1) is 0 Å². The first-order valence-corrected chi connectivity index (χ1v) is 5.30. The molecular formula is C2H10MgO7P2. The number of hydrogen-bond acceptors (Lipinski definition) is 5. The van der Waals surface area contributed by atoms with E-state index in [1.807, 2.05) is 0 Å². The Morgan fingerprint density at radius 3 is 1.50 bits per heavy atom. The van der Waals surface area contributed by atoms with Crippen molar-refractivity contribution in [3.05, 3.63) is 0 Å². The van der Waals surface area contributed by atoms with Gasteiger partial charge in [-0.15, -0.1) is 0 Å². The second-order valence-corrected chi connectivity index (χ2v) is 4.64. The predicted octanol–water partition coefficient (Wildman–Crippen LogP) is -0.420. The molecular weight excluding hydrogens is 222 g/mol. The fourth-order valence-corrected chi connectivity index (χ4v) is 2.00. The monoisotopic (exact) mass is 232 g/mol. The number of rotatable bonds is 4. The number of phosphoric ester groups is 1. The highest BCUT2D eigenvalue weighted by Crippen LogP contribution is 2.59. The first-order valence-electron chi connectivity index (χ1n) is 2.31. The van der Waals surface area contributed by atoms with Crippen LogP contribution in [-0.4, -0.2) is 47.1 Å². The van der Waals surface area contributed by atoms with Gasteiger partial charge < -0.3 is 9.79 Å². The molecule has 72 valence electrons. The smallest absolute Gasteiger partial charge is 0.302 e. The molecule has 0 aromatic rings. The average molecular weight is 232 g/mol. The molecule has 7 nitrogen and oxygen atoms in total. The quantitative estimate of drug-likeness (QED) is 0.501. The van der Waals surface area contributed by atoms with Crippen LogP contribution in [-0.2, 0) is 22.5 Å². The Hall–Kier alpha value is 1.03. The Morgan fingerprint density at radius 1 is 1.08 bits per heavy atom. The molecule has 0 saturated carbocycles. The van der Waals surface area contributed by atoms with E-state index in [0.717, 1.165) is 14.2 Å². The SMILES string of the molecule is COP(=O)(OC)OP(=O)(O)O.[MgH2]. The molecule has 0 fully saturated rings. The second-order valence-electron chi connectivity index (χ2n) is 1.38.